The van der Waals surface area contributed by atoms with E-state index in [1.54, 1.807) is 6.20 Å². The molecule has 1 heterocycles. The molecule has 20 heavy (non-hydrogen) atoms. The van der Waals surface area contributed by atoms with E-state index in [2.05, 4.69) is 45.3 Å². The molecular weight excluding hydrogens is 316 g/mol. The topological polar surface area (TPSA) is 34.1 Å². The van der Waals surface area contributed by atoms with E-state index in [-0.39, 0.29) is 12.1 Å². The number of nitrogens with one attached hydrogen (secondary N) is 1. The number of benzene rings is 1. The minimum Gasteiger partial charge on any atom is -0.487 e. The van der Waals surface area contributed by atoms with E-state index in [9.17, 15) is 0 Å². The maximum atomic E-state index is 5.77. The molecule has 0 saturated carbocycles. The number of halogens is 1. The lowest BCUT2D eigenvalue weighted by molar-refractivity contribution is 0.242. The van der Waals surface area contributed by atoms with Crippen molar-refractivity contribution in [3.63, 3.8) is 0 Å². The number of hydrogen-bond donors (Lipinski definition) is 1. The van der Waals surface area contributed by atoms with E-state index in [4.69, 9.17) is 4.74 Å². The van der Waals surface area contributed by atoms with Crippen LogP contribution in [0, 0.1) is 0 Å². The summed E-state index contributed by atoms with van der Waals surface area (Å²) in [6.07, 6.45) is 1.90. The number of rotatable bonds is 5. The first-order valence-electron chi connectivity index (χ1n) is 6.70. The summed E-state index contributed by atoms with van der Waals surface area (Å²) in [5.74, 6) is 1.56. The van der Waals surface area contributed by atoms with Crippen LogP contribution >= 0.6 is 15.9 Å². The normalized spacial score (nSPS) is 12.2. The molecule has 0 fully saturated rings. The molecule has 1 aromatic carbocycles. The third kappa shape index (κ3) is 3.97. The minimum atomic E-state index is 0.128. The first kappa shape index (κ1) is 14.9. The summed E-state index contributed by atoms with van der Waals surface area (Å²) in [4.78, 5) is 4.37. The van der Waals surface area contributed by atoms with Crippen molar-refractivity contribution in [1.82, 2.24) is 4.98 Å². The number of nitrogens with zero attached hydrogens (tertiary/aromatic N) is 1. The summed E-state index contributed by atoms with van der Waals surface area (Å²) < 4.78 is 6.85. The van der Waals surface area contributed by atoms with Gasteiger partial charge in [-0.2, -0.15) is 0 Å². The monoisotopic (exact) mass is 334 g/mol. The Labute approximate surface area is 128 Å². The molecule has 0 aliphatic heterocycles. The SMILES string of the molecule is CC(C)Oc1cccnc1NC(C)c1ccc(Br)cc1. The van der Waals surface area contributed by atoms with Gasteiger partial charge in [-0.05, 0) is 50.6 Å². The van der Waals surface area contributed by atoms with E-state index in [0.29, 0.717) is 0 Å². The Morgan fingerprint density at radius 1 is 1.10 bits per heavy atom. The van der Waals surface area contributed by atoms with E-state index in [1.165, 1.54) is 5.56 Å². The average molecular weight is 335 g/mol. The van der Waals surface area contributed by atoms with E-state index in [1.807, 2.05) is 38.1 Å². The molecule has 1 atom stereocenters. The van der Waals surface area contributed by atoms with Crippen LogP contribution in [0.15, 0.2) is 47.1 Å². The van der Waals surface area contributed by atoms with E-state index in [0.717, 1.165) is 16.0 Å². The molecule has 0 bridgehead atoms. The first-order valence-corrected chi connectivity index (χ1v) is 7.49. The maximum Gasteiger partial charge on any atom is 0.169 e. The highest BCUT2D eigenvalue weighted by atomic mass is 79.9. The molecule has 106 valence electrons. The lowest BCUT2D eigenvalue weighted by Gasteiger charge is -2.19. The molecule has 1 N–H and O–H groups in total. The second kappa shape index (κ2) is 6.75. The molecule has 0 aliphatic carbocycles. The molecule has 0 amide bonds. The zero-order chi connectivity index (χ0) is 14.5. The van der Waals surface area contributed by atoms with Gasteiger partial charge in [-0.1, -0.05) is 28.1 Å². The van der Waals surface area contributed by atoms with Gasteiger partial charge in [-0.25, -0.2) is 4.98 Å². The smallest absolute Gasteiger partial charge is 0.169 e. The van der Waals surface area contributed by atoms with Gasteiger partial charge in [0.1, 0.15) is 0 Å². The van der Waals surface area contributed by atoms with Crippen LogP contribution in [0.25, 0.3) is 0 Å². The summed E-state index contributed by atoms with van der Waals surface area (Å²) in [5.41, 5.74) is 1.20. The highest BCUT2D eigenvalue weighted by molar-refractivity contribution is 9.10. The van der Waals surface area contributed by atoms with Gasteiger partial charge in [0.05, 0.1) is 12.1 Å². The summed E-state index contributed by atoms with van der Waals surface area (Å²) in [6.45, 7) is 6.13. The molecule has 0 saturated heterocycles. The van der Waals surface area contributed by atoms with Crippen LogP contribution in [-0.2, 0) is 0 Å². The Morgan fingerprint density at radius 2 is 1.80 bits per heavy atom. The molecule has 1 unspecified atom stereocenters. The van der Waals surface area contributed by atoms with Crippen LogP contribution in [0.5, 0.6) is 5.75 Å². The molecule has 3 nitrogen and oxygen atoms in total. The molecular formula is C16H19BrN2O. The fourth-order valence-corrected chi connectivity index (χ4v) is 2.15. The number of anilines is 1. The number of pyridine rings is 1. The first-order chi connectivity index (χ1) is 9.56. The van der Waals surface area contributed by atoms with Crippen molar-refractivity contribution < 1.29 is 4.74 Å². The van der Waals surface area contributed by atoms with Crippen LogP contribution in [-0.4, -0.2) is 11.1 Å². The molecule has 4 heteroatoms. The molecule has 0 radical (unpaired) electrons. The van der Waals surface area contributed by atoms with Crippen molar-refractivity contribution >= 4 is 21.7 Å². The van der Waals surface area contributed by atoms with Crippen LogP contribution in [0.3, 0.4) is 0 Å². The van der Waals surface area contributed by atoms with Crippen molar-refractivity contribution in [2.24, 2.45) is 0 Å². The lowest BCUT2D eigenvalue weighted by Crippen LogP contribution is -2.12. The van der Waals surface area contributed by atoms with Crippen molar-refractivity contribution in [2.75, 3.05) is 5.32 Å². The Kier molecular flexibility index (Phi) is 5.01. The van der Waals surface area contributed by atoms with Gasteiger partial charge >= 0.3 is 0 Å². The Balaban J connectivity index is 2.15. The predicted molar refractivity (Wildman–Crippen MR) is 86.2 cm³/mol. The molecule has 2 rings (SSSR count). The summed E-state index contributed by atoms with van der Waals surface area (Å²) in [5, 5.41) is 3.40. The zero-order valence-corrected chi connectivity index (χ0v) is 13.5. The zero-order valence-electron chi connectivity index (χ0n) is 11.9. The second-order valence-corrected chi connectivity index (χ2v) is 5.85. The van der Waals surface area contributed by atoms with Crippen LogP contribution in [0.2, 0.25) is 0 Å². The standard InChI is InChI=1S/C16H19BrN2O/c1-11(2)20-15-5-4-10-18-16(15)19-12(3)13-6-8-14(17)9-7-13/h4-12H,1-3H3,(H,18,19). The average Bonchev–Trinajstić information content (AvgIpc) is 2.41. The van der Waals surface area contributed by atoms with Crippen molar-refractivity contribution in [2.45, 2.75) is 32.9 Å². The number of ether oxygens (including phenoxy) is 1. The molecule has 0 spiro atoms. The Hall–Kier alpha value is -1.55. The molecule has 0 aliphatic rings. The van der Waals surface area contributed by atoms with Crippen LogP contribution in [0.4, 0.5) is 5.82 Å². The summed E-state index contributed by atoms with van der Waals surface area (Å²) in [7, 11) is 0. The van der Waals surface area contributed by atoms with Gasteiger partial charge < -0.3 is 10.1 Å². The number of aromatic nitrogens is 1. The fourth-order valence-electron chi connectivity index (χ4n) is 1.89. The van der Waals surface area contributed by atoms with E-state index < -0.39 is 0 Å². The largest absolute Gasteiger partial charge is 0.487 e. The van der Waals surface area contributed by atoms with Crippen molar-refractivity contribution in [1.29, 1.82) is 0 Å². The highest BCUT2D eigenvalue weighted by Crippen LogP contribution is 2.27. The Bertz CT molecular complexity index is 555. The molecule has 1 aromatic heterocycles. The number of hydrogen-bond acceptors (Lipinski definition) is 3. The van der Waals surface area contributed by atoms with Gasteiger partial charge in [-0.3, -0.25) is 0 Å². The Morgan fingerprint density at radius 3 is 2.45 bits per heavy atom. The predicted octanol–water partition coefficient (Wildman–Crippen LogP) is 4.80. The summed E-state index contributed by atoms with van der Waals surface area (Å²) >= 11 is 3.45. The third-order valence-electron chi connectivity index (χ3n) is 2.86. The maximum absolute atomic E-state index is 5.77. The van der Waals surface area contributed by atoms with Gasteiger partial charge in [0.15, 0.2) is 11.6 Å². The van der Waals surface area contributed by atoms with Crippen LogP contribution in [0.1, 0.15) is 32.4 Å². The van der Waals surface area contributed by atoms with Gasteiger partial charge in [0.25, 0.3) is 0 Å². The third-order valence-corrected chi connectivity index (χ3v) is 3.39. The van der Waals surface area contributed by atoms with Crippen LogP contribution < -0.4 is 10.1 Å². The van der Waals surface area contributed by atoms with Gasteiger partial charge in [-0.15, -0.1) is 0 Å². The lowest BCUT2D eigenvalue weighted by atomic mass is 10.1. The summed E-state index contributed by atoms with van der Waals surface area (Å²) in [6, 6.07) is 12.2. The fraction of sp³-hybridized carbons (Fsp3) is 0.312. The minimum absolute atomic E-state index is 0.128. The van der Waals surface area contributed by atoms with Gasteiger partial charge in [0.2, 0.25) is 0 Å². The molecule has 2 aromatic rings. The van der Waals surface area contributed by atoms with Crippen molar-refractivity contribution in [3.05, 3.63) is 52.6 Å². The van der Waals surface area contributed by atoms with Crippen molar-refractivity contribution in [3.8, 4) is 5.75 Å². The quantitative estimate of drug-likeness (QED) is 0.852. The van der Waals surface area contributed by atoms with E-state index >= 15 is 0 Å². The highest BCUT2D eigenvalue weighted by Gasteiger charge is 2.11. The van der Waals surface area contributed by atoms with Gasteiger partial charge in [0, 0.05) is 10.7 Å². The second-order valence-electron chi connectivity index (χ2n) is 4.93.